The highest BCUT2D eigenvalue weighted by Crippen LogP contribution is 2.40. The van der Waals surface area contributed by atoms with Crippen LogP contribution >= 0.6 is 0 Å². The summed E-state index contributed by atoms with van der Waals surface area (Å²) in [6, 6.07) is 1.82. The zero-order chi connectivity index (χ0) is 13.6. The molecule has 1 aromatic heterocycles. The van der Waals surface area contributed by atoms with Gasteiger partial charge in [0.1, 0.15) is 11.6 Å². The van der Waals surface area contributed by atoms with E-state index >= 15 is 0 Å². The van der Waals surface area contributed by atoms with Crippen molar-refractivity contribution in [3.63, 3.8) is 0 Å². The van der Waals surface area contributed by atoms with Gasteiger partial charge < -0.3 is 4.90 Å². The normalized spacial score (nSPS) is 20.5. The third-order valence-corrected chi connectivity index (χ3v) is 3.76. The van der Waals surface area contributed by atoms with Gasteiger partial charge in [-0.1, -0.05) is 6.92 Å². The first-order chi connectivity index (χ1) is 8.97. The summed E-state index contributed by atoms with van der Waals surface area (Å²) < 4.78 is 37.5. The highest BCUT2D eigenvalue weighted by atomic mass is 19.4. The summed E-state index contributed by atoms with van der Waals surface area (Å²) in [5.41, 5.74) is 0.919. The van der Waals surface area contributed by atoms with Gasteiger partial charge >= 0.3 is 6.18 Å². The Morgan fingerprint density at radius 1 is 1.26 bits per heavy atom. The first-order valence-electron chi connectivity index (χ1n) is 6.67. The van der Waals surface area contributed by atoms with Crippen molar-refractivity contribution < 1.29 is 13.2 Å². The van der Waals surface area contributed by atoms with Crippen LogP contribution in [0.3, 0.4) is 0 Å². The van der Waals surface area contributed by atoms with E-state index in [1.807, 2.05) is 13.0 Å². The third kappa shape index (κ3) is 2.53. The summed E-state index contributed by atoms with van der Waals surface area (Å²) >= 11 is 0. The van der Waals surface area contributed by atoms with Crippen molar-refractivity contribution in [2.45, 2.75) is 38.3 Å². The van der Waals surface area contributed by atoms with Crippen LogP contribution in [0.25, 0.3) is 0 Å². The van der Waals surface area contributed by atoms with Crippen LogP contribution in [0.2, 0.25) is 0 Å². The lowest BCUT2D eigenvalue weighted by Crippen LogP contribution is -2.53. The molecule has 0 amide bonds. The number of nitrogens with zero attached hydrogens (tertiary/aromatic N) is 3. The molecule has 1 aliphatic heterocycles. The average Bonchev–Trinajstić information content (AvgIpc) is 3.08. The molecule has 0 bridgehead atoms. The van der Waals surface area contributed by atoms with Gasteiger partial charge in [0.25, 0.3) is 0 Å². The number of hydrogen-bond acceptors (Lipinski definition) is 3. The SMILES string of the molecule is CCc1cc(N2CC(C(F)(F)F)C2)nc(C2CC2)n1. The molecule has 0 aromatic carbocycles. The second kappa shape index (κ2) is 4.35. The molecular weight excluding hydrogens is 255 g/mol. The van der Waals surface area contributed by atoms with Crippen molar-refractivity contribution in [2.75, 3.05) is 18.0 Å². The van der Waals surface area contributed by atoms with E-state index < -0.39 is 12.1 Å². The number of halogens is 3. The number of aryl methyl sites for hydroxylation is 1. The van der Waals surface area contributed by atoms with Gasteiger partial charge in [0, 0.05) is 30.8 Å². The van der Waals surface area contributed by atoms with E-state index in [9.17, 15) is 13.2 Å². The number of rotatable bonds is 3. The molecule has 6 heteroatoms. The van der Waals surface area contributed by atoms with Crippen LogP contribution in [0.4, 0.5) is 19.0 Å². The van der Waals surface area contributed by atoms with Crippen LogP contribution in [0, 0.1) is 5.92 Å². The molecule has 3 nitrogen and oxygen atoms in total. The lowest BCUT2D eigenvalue weighted by molar-refractivity contribution is -0.180. The van der Waals surface area contributed by atoms with Gasteiger partial charge in [-0.3, -0.25) is 0 Å². The smallest absolute Gasteiger partial charge is 0.355 e. The van der Waals surface area contributed by atoms with E-state index in [2.05, 4.69) is 9.97 Å². The Balaban J connectivity index is 1.76. The maximum Gasteiger partial charge on any atom is 0.395 e. The largest absolute Gasteiger partial charge is 0.395 e. The molecule has 2 aliphatic rings. The highest BCUT2D eigenvalue weighted by molar-refractivity contribution is 5.43. The van der Waals surface area contributed by atoms with E-state index in [1.54, 1.807) is 4.90 Å². The van der Waals surface area contributed by atoms with Crippen molar-refractivity contribution in [1.29, 1.82) is 0 Å². The Morgan fingerprint density at radius 2 is 1.95 bits per heavy atom. The maximum absolute atomic E-state index is 12.5. The first-order valence-corrected chi connectivity index (χ1v) is 6.67. The number of aromatic nitrogens is 2. The van der Waals surface area contributed by atoms with E-state index in [-0.39, 0.29) is 13.1 Å². The Bertz CT molecular complexity index is 477. The van der Waals surface area contributed by atoms with Crippen molar-refractivity contribution in [2.24, 2.45) is 5.92 Å². The maximum atomic E-state index is 12.5. The second-order valence-corrected chi connectivity index (χ2v) is 5.35. The van der Waals surface area contributed by atoms with Crippen LogP contribution in [-0.2, 0) is 6.42 Å². The molecule has 0 atom stereocenters. The van der Waals surface area contributed by atoms with Crippen LogP contribution in [-0.4, -0.2) is 29.2 Å². The molecule has 1 saturated heterocycles. The van der Waals surface area contributed by atoms with Crippen LogP contribution in [0.15, 0.2) is 6.07 Å². The standard InChI is InChI=1S/C13H16F3N3/c1-2-10-5-11(18-12(17-10)8-3-4-8)19-6-9(7-19)13(14,15)16/h5,8-9H,2-4,6-7H2,1H3. The van der Waals surface area contributed by atoms with Gasteiger partial charge in [-0.15, -0.1) is 0 Å². The van der Waals surface area contributed by atoms with E-state index in [0.717, 1.165) is 30.8 Å². The summed E-state index contributed by atoms with van der Waals surface area (Å²) in [4.78, 5) is 10.6. The monoisotopic (exact) mass is 271 g/mol. The van der Waals surface area contributed by atoms with Crippen LogP contribution < -0.4 is 4.90 Å². The fourth-order valence-electron chi connectivity index (χ4n) is 2.24. The predicted molar refractivity (Wildman–Crippen MR) is 65.1 cm³/mol. The van der Waals surface area contributed by atoms with Gasteiger partial charge in [0.15, 0.2) is 0 Å². The fraction of sp³-hybridized carbons (Fsp3) is 0.692. The topological polar surface area (TPSA) is 29.0 Å². The Kier molecular flexibility index (Phi) is 2.91. The third-order valence-electron chi connectivity index (χ3n) is 3.76. The zero-order valence-corrected chi connectivity index (χ0v) is 10.7. The molecule has 104 valence electrons. The number of anilines is 1. The minimum atomic E-state index is -4.09. The van der Waals surface area contributed by atoms with Crippen LogP contribution in [0.1, 0.15) is 37.2 Å². The molecule has 0 spiro atoms. The molecule has 0 radical (unpaired) electrons. The molecule has 0 unspecified atom stereocenters. The van der Waals surface area contributed by atoms with Gasteiger partial charge in [0.05, 0.1) is 5.92 Å². The Hall–Kier alpha value is -1.33. The Morgan fingerprint density at radius 3 is 2.47 bits per heavy atom. The average molecular weight is 271 g/mol. The minimum Gasteiger partial charge on any atom is -0.355 e. The number of hydrogen-bond donors (Lipinski definition) is 0. The molecule has 2 fully saturated rings. The molecule has 3 rings (SSSR count). The summed E-state index contributed by atoms with van der Waals surface area (Å²) in [6.07, 6.45) is -1.11. The summed E-state index contributed by atoms with van der Waals surface area (Å²) in [5, 5.41) is 0. The van der Waals surface area contributed by atoms with Gasteiger partial charge in [-0.05, 0) is 19.3 Å². The number of alkyl halides is 3. The quantitative estimate of drug-likeness (QED) is 0.846. The fourth-order valence-corrected chi connectivity index (χ4v) is 2.24. The molecule has 1 aliphatic carbocycles. The zero-order valence-electron chi connectivity index (χ0n) is 10.7. The highest BCUT2D eigenvalue weighted by Gasteiger charge is 2.47. The van der Waals surface area contributed by atoms with E-state index in [1.165, 1.54) is 0 Å². The summed E-state index contributed by atoms with van der Waals surface area (Å²) in [7, 11) is 0. The van der Waals surface area contributed by atoms with Crippen molar-refractivity contribution in [3.8, 4) is 0 Å². The molecule has 2 heterocycles. The van der Waals surface area contributed by atoms with E-state index in [0.29, 0.717) is 11.7 Å². The van der Waals surface area contributed by atoms with Gasteiger partial charge in [0.2, 0.25) is 0 Å². The summed E-state index contributed by atoms with van der Waals surface area (Å²) in [5.74, 6) is 0.681. The molecule has 1 saturated carbocycles. The van der Waals surface area contributed by atoms with E-state index in [4.69, 9.17) is 0 Å². The van der Waals surface area contributed by atoms with Crippen molar-refractivity contribution >= 4 is 5.82 Å². The van der Waals surface area contributed by atoms with Gasteiger partial charge in [-0.2, -0.15) is 13.2 Å². The van der Waals surface area contributed by atoms with Crippen LogP contribution in [0.5, 0.6) is 0 Å². The van der Waals surface area contributed by atoms with Crippen molar-refractivity contribution in [3.05, 3.63) is 17.6 Å². The first kappa shape index (κ1) is 12.7. The van der Waals surface area contributed by atoms with Gasteiger partial charge in [-0.25, -0.2) is 9.97 Å². The Labute approximate surface area is 109 Å². The lowest BCUT2D eigenvalue weighted by atomic mass is 9.99. The second-order valence-electron chi connectivity index (χ2n) is 5.35. The molecule has 1 aromatic rings. The molecular formula is C13H16F3N3. The lowest BCUT2D eigenvalue weighted by Gasteiger charge is -2.41. The van der Waals surface area contributed by atoms with Crippen molar-refractivity contribution in [1.82, 2.24) is 9.97 Å². The summed E-state index contributed by atoms with van der Waals surface area (Å²) in [6.45, 7) is 2.04. The predicted octanol–water partition coefficient (Wildman–Crippen LogP) is 2.91. The molecule has 19 heavy (non-hydrogen) atoms. The minimum absolute atomic E-state index is 0.0216. The molecule has 0 N–H and O–H groups in total.